The molecule has 176 valence electrons. The van der Waals surface area contributed by atoms with E-state index in [0.29, 0.717) is 19.6 Å². The van der Waals surface area contributed by atoms with Gasteiger partial charge in [-0.05, 0) is 58.4 Å². The van der Waals surface area contributed by atoms with Crippen molar-refractivity contribution in [2.45, 2.75) is 69.9 Å². The highest BCUT2D eigenvalue weighted by atomic mass is 16.2. The number of anilines is 1. The molecule has 2 N–H and O–H groups in total. The molecule has 1 saturated heterocycles. The lowest BCUT2D eigenvalue weighted by molar-refractivity contribution is -0.126. The van der Waals surface area contributed by atoms with Crippen LogP contribution in [0.5, 0.6) is 0 Å². The van der Waals surface area contributed by atoms with Crippen LogP contribution in [0.15, 0.2) is 24.3 Å². The van der Waals surface area contributed by atoms with E-state index >= 15 is 0 Å². The lowest BCUT2D eigenvalue weighted by Crippen LogP contribution is -2.61. The van der Waals surface area contributed by atoms with Crippen molar-refractivity contribution >= 4 is 17.6 Å². The first-order valence-corrected chi connectivity index (χ1v) is 12.2. The Bertz CT molecular complexity index is 1030. The van der Waals surface area contributed by atoms with Gasteiger partial charge in [-0.25, -0.2) is 4.79 Å². The minimum atomic E-state index is -0.792. The van der Waals surface area contributed by atoms with Gasteiger partial charge in [-0.2, -0.15) is 5.26 Å². The first-order chi connectivity index (χ1) is 15.6. The van der Waals surface area contributed by atoms with Crippen LogP contribution >= 0.6 is 0 Å². The Hall–Kier alpha value is -2.75. The summed E-state index contributed by atoms with van der Waals surface area (Å²) in [6.45, 7) is 5.02. The van der Waals surface area contributed by atoms with E-state index < -0.39 is 16.7 Å². The molecule has 1 aromatic rings. The van der Waals surface area contributed by atoms with Crippen LogP contribution in [0.1, 0.15) is 64.4 Å². The fraction of sp³-hybridized carbons (Fsp3) is 0.654. The summed E-state index contributed by atoms with van der Waals surface area (Å²) in [7, 11) is 2.18. The molecule has 0 unspecified atom stereocenters. The zero-order chi connectivity index (χ0) is 23.6. The number of benzene rings is 1. The Morgan fingerprint density at radius 2 is 1.82 bits per heavy atom. The van der Waals surface area contributed by atoms with Gasteiger partial charge in [0.25, 0.3) is 0 Å². The molecule has 4 aliphatic rings. The summed E-state index contributed by atoms with van der Waals surface area (Å²) < 4.78 is 0. The van der Waals surface area contributed by atoms with Gasteiger partial charge >= 0.3 is 6.03 Å². The predicted octanol–water partition coefficient (Wildman–Crippen LogP) is 3.59. The van der Waals surface area contributed by atoms with Gasteiger partial charge in [-0.1, -0.05) is 24.6 Å². The van der Waals surface area contributed by atoms with E-state index in [2.05, 4.69) is 42.3 Å². The van der Waals surface area contributed by atoms with E-state index in [1.807, 2.05) is 9.80 Å². The maximum absolute atomic E-state index is 13.7. The lowest BCUT2D eigenvalue weighted by Gasteiger charge is -2.59. The number of nitriles is 1. The number of nitrogens with two attached hydrogens (primary N) is 1. The van der Waals surface area contributed by atoms with E-state index in [4.69, 9.17) is 5.73 Å². The monoisotopic (exact) mass is 449 g/mol. The Kier molecular flexibility index (Phi) is 4.76. The van der Waals surface area contributed by atoms with Gasteiger partial charge in [0.2, 0.25) is 5.91 Å². The number of hydrogen-bond acceptors (Lipinski definition) is 4. The number of primary amides is 1. The minimum absolute atomic E-state index is 0.0378. The van der Waals surface area contributed by atoms with Gasteiger partial charge in [0.15, 0.2) is 0 Å². The fourth-order valence-corrected chi connectivity index (χ4v) is 6.69. The van der Waals surface area contributed by atoms with Crippen molar-refractivity contribution in [3.8, 4) is 6.07 Å². The summed E-state index contributed by atoms with van der Waals surface area (Å²) >= 11 is 0. The van der Waals surface area contributed by atoms with Gasteiger partial charge < -0.3 is 20.4 Å². The number of hydrogen-bond donors (Lipinski definition) is 1. The fourth-order valence-electron chi connectivity index (χ4n) is 6.69. The van der Waals surface area contributed by atoms with Crippen LogP contribution in [0.2, 0.25) is 0 Å². The van der Waals surface area contributed by atoms with Crippen molar-refractivity contribution in [3.63, 3.8) is 0 Å². The molecule has 3 fully saturated rings. The van der Waals surface area contributed by atoms with Crippen LogP contribution in [0.25, 0.3) is 0 Å². The number of nitrogens with zero attached hydrogens (tertiary/aromatic N) is 4. The van der Waals surface area contributed by atoms with E-state index in [9.17, 15) is 14.9 Å². The molecular weight excluding hydrogens is 414 g/mol. The zero-order valence-electron chi connectivity index (χ0n) is 20.1. The molecule has 2 aliphatic carbocycles. The molecule has 33 heavy (non-hydrogen) atoms. The maximum atomic E-state index is 13.7. The molecule has 2 saturated carbocycles. The van der Waals surface area contributed by atoms with Gasteiger partial charge in [-0.3, -0.25) is 4.79 Å². The highest BCUT2D eigenvalue weighted by Crippen LogP contribution is 2.58. The third-order valence-corrected chi connectivity index (χ3v) is 9.24. The number of fused-ring (bicyclic) bond motifs is 2. The lowest BCUT2D eigenvalue weighted by atomic mass is 9.63. The molecule has 3 amide bonds. The third-order valence-electron chi connectivity index (χ3n) is 9.24. The maximum Gasteiger partial charge on any atom is 0.320 e. The molecule has 7 heteroatoms. The van der Waals surface area contributed by atoms with Crippen LogP contribution in [-0.2, 0) is 10.3 Å². The molecule has 1 aromatic carbocycles. The predicted molar refractivity (Wildman–Crippen MR) is 126 cm³/mol. The van der Waals surface area contributed by atoms with Crippen LogP contribution < -0.4 is 10.6 Å². The third kappa shape index (κ3) is 3.06. The second-order valence-electron chi connectivity index (χ2n) is 11.6. The van der Waals surface area contributed by atoms with Crippen molar-refractivity contribution in [2.75, 3.05) is 31.6 Å². The average Bonchev–Trinajstić information content (AvgIpc) is 3.00. The normalized spacial score (nSPS) is 30.1. The SMILES string of the molecule is CN1c2ccccc2[C@]12CC[C@]1(CC2)CN(CC(C)(C)C(N)=O)C(=O)N1CC1(C#N)CCC1. The van der Waals surface area contributed by atoms with Gasteiger partial charge in [0, 0.05) is 37.9 Å². The van der Waals surface area contributed by atoms with E-state index in [-0.39, 0.29) is 17.1 Å². The van der Waals surface area contributed by atoms with E-state index in [0.717, 1.165) is 44.9 Å². The summed E-state index contributed by atoms with van der Waals surface area (Å²) in [6, 6.07) is 11.1. The largest absolute Gasteiger partial charge is 0.369 e. The number of carbonyl (C=O) groups is 2. The van der Waals surface area contributed by atoms with Gasteiger partial charge in [0.05, 0.1) is 28.0 Å². The number of rotatable bonds is 5. The Labute approximate surface area is 196 Å². The van der Waals surface area contributed by atoms with Crippen molar-refractivity contribution in [3.05, 3.63) is 29.8 Å². The summed E-state index contributed by atoms with van der Waals surface area (Å²) in [5.74, 6) is -0.398. The summed E-state index contributed by atoms with van der Waals surface area (Å²) in [5.41, 5.74) is 6.89. The molecule has 2 aliphatic heterocycles. The number of carbonyl (C=O) groups excluding carboxylic acids is 2. The number of amides is 3. The number of urea groups is 1. The zero-order valence-corrected chi connectivity index (χ0v) is 20.1. The van der Waals surface area contributed by atoms with Crippen molar-refractivity contribution in [2.24, 2.45) is 16.6 Å². The van der Waals surface area contributed by atoms with Gasteiger partial charge in [-0.15, -0.1) is 0 Å². The van der Waals surface area contributed by atoms with Crippen molar-refractivity contribution < 1.29 is 9.59 Å². The first kappa shape index (κ1) is 22.1. The first-order valence-electron chi connectivity index (χ1n) is 12.2. The van der Waals surface area contributed by atoms with Crippen LogP contribution in [-0.4, -0.2) is 54.0 Å². The molecular formula is C26H35N5O2. The molecule has 2 spiro atoms. The molecule has 2 heterocycles. The Balaban J connectivity index is 1.43. The highest BCUT2D eigenvalue weighted by molar-refractivity contribution is 5.83. The van der Waals surface area contributed by atoms with Crippen LogP contribution in [0.3, 0.4) is 0 Å². The van der Waals surface area contributed by atoms with Crippen molar-refractivity contribution in [1.29, 1.82) is 5.26 Å². The summed E-state index contributed by atoms with van der Waals surface area (Å²) in [5, 5.41) is 9.90. The Morgan fingerprint density at radius 3 is 2.39 bits per heavy atom. The number of para-hydroxylation sites is 1. The second kappa shape index (κ2) is 7.12. The van der Waals surface area contributed by atoms with Crippen LogP contribution in [0.4, 0.5) is 10.5 Å². The van der Waals surface area contributed by atoms with Crippen molar-refractivity contribution in [1.82, 2.24) is 9.80 Å². The topological polar surface area (TPSA) is 93.7 Å². The Morgan fingerprint density at radius 1 is 1.15 bits per heavy atom. The van der Waals surface area contributed by atoms with Crippen LogP contribution in [0, 0.1) is 22.2 Å². The van der Waals surface area contributed by atoms with Gasteiger partial charge in [0.1, 0.15) is 0 Å². The standard InChI is InChI=1S/C26H35N5O2/c1-23(2,21(28)32)16-30-18-25(31(22(30)33)17-24(15-27)9-6-10-24)11-13-26(14-12-25)19-7-4-5-8-20(19)29(26)3/h4-5,7-8H,6,9-14,16-18H2,1-3H3,(H2,28,32)/t25-,26+. The quantitative estimate of drug-likeness (QED) is 0.743. The molecule has 0 bridgehead atoms. The molecule has 0 radical (unpaired) electrons. The summed E-state index contributed by atoms with van der Waals surface area (Å²) in [6.07, 6.45) is 6.52. The molecule has 0 atom stereocenters. The average molecular weight is 450 g/mol. The summed E-state index contributed by atoms with van der Waals surface area (Å²) in [4.78, 5) is 32.0. The molecule has 0 aromatic heterocycles. The highest BCUT2D eigenvalue weighted by Gasteiger charge is 2.59. The van der Waals surface area contributed by atoms with E-state index in [1.165, 1.54) is 11.3 Å². The molecule has 5 rings (SSSR count). The minimum Gasteiger partial charge on any atom is -0.369 e. The molecule has 7 nitrogen and oxygen atoms in total. The smallest absolute Gasteiger partial charge is 0.320 e. The second-order valence-corrected chi connectivity index (χ2v) is 11.6. The van der Waals surface area contributed by atoms with E-state index in [1.54, 1.807) is 13.8 Å².